The zero-order valence-electron chi connectivity index (χ0n) is 11.4. The Balaban J connectivity index is 1.93. The summed E-state index contributed by atoms with van der Waals surface area (Å²) in [5, 5.41) is 0. The molecule has 1 atom stereocenters. The molecule has 0 aromatic heterocycles. The molecule has 2 aromatic carbocycles. The van der Waals surface area contributed by atoms with Gasteiger partial charge in [-0.15, -0.1) is 11.8 Å². The third kappa shape index (κ3) is 4.27. The minimum atomic E-state index is 0.100. The van der Waals surface area contributed by atoms with Crippen LogP contribution in [0, 0.1) is 0 Å². The first kappa shape index (κ1) is 15.4. The summed E-state index contributed by atoms with van der Waals surface area (Å²) in [5.41, 5.74) is 7.40. The van der Waals surface area contributed by atoms with Gasteiger partial charge in [-0.3, -0.25) is 0 Å². The van der Waals surface area contributed by atoms with Gasteiger partial charge in [0.05, 0.1) is 7.11 Å². The zero-order chi connectivity index (χ0) is 14.4. The zero-order valence-corrected chi connectivity index (χ0v) is 13.8. The molecule has 0 spiro atoms. The summed E-state index contributed by atoms with van der Waals surface area (Å²) in [6.45, 7) is 0. The van der Waals surface area contributed by atoms with E-state index in [1.165, 1.54) is 4.90 Å². The first-order valence-corrected chi connectivity index (χ1v) is 8.23. The highest BCUT2D eigenvalue weighted by molar-refractivity contribution is 9.10. The summed E-state index contributed by atoms with van der Waals surface area (Å²) >= 11 is 5.33. The molecule has 2 rings (SSSR count). The Kier molecular flexibility index (Phi) is 5.95. The van der Waals surface area contributed by atoms with Crippen molar-refractivity contribution in [1.29, 1.82) is 0 Å². The van der Waals surface area contributed by atoms with Gasteiger partial charge in [0.2, 0.25) is 0 Å². The second-order valence-corrected chi connectivity index (χ2v) is 6.43. The van der Waals surface area contributed by atoms with E-state index >= 15 is 0 Å². The summed E-state index contributed by atoms with van der Waals surface area (Å²) in [4.78, 5) is 1.22. The largest absolute Gasteiger partial charge is 0.496 e. The van der Waals surface area contributed by atoms with Gasteiger partial charge < -0.3 is 10.5 Å². The molecule has 0 aliphatic carbocycles. The highest BCUT2D eigenvalue weighted by Crippen LogP contribution is 2.28. The van der Waals surface area contributed by atoms with E-state index < -0.39 is 0 Å². The van der Waals surface area contributed by atoms with Crippen molar-refractivity contribution < 1.29 is 4.74 Å². The lowest BCUT2D eigenvalue weighted by Crippen LogP contribution is -2.25. The van der Waals surface area contributed by atoms with Crippen LogP contribution in [0.3, 0.4) is 0 Å². The molecule has 0 amide bonds. The summed E-state index contributed by atoms with van der Waals surface area (Å²) in [7, 11) is 1.69. The van der Waals surface area contributed by atoms with Crippen molar-refractivity contribution in [3.8, 4) is 5.75 Å². The number of hydrogen-bond acceptors (Lipinski definition) is 3. The first-order chi connectivity index (χ1) is 9.70. The van der Waals surface area contributed by atoms with Crippen LogP contribution < -0.4 is 10.5 Å². The molecule has 0 saturated carbocycles. The van der Waals surface area contributed by atoms with E-state index in [-0.39, 0.29) is 6.04 Å². The average Bonchev–Trinajstić information content (AvgIpc) is 2.47. The molecule has 0 bridgehead atoms. The highest BCUT2D eigenvalue weighted by atomic mass is 79.9. The van der Waals surface area contributed by atoms with E-state index in [0.717, 1.165) is 28.0 Å². The third-order valence-corrected chi connectivity index (χ3v) is 5.18. The molecule has 0 aliphatic rings. The summed E-state index contributed by atoms with van der Waals surface area (Å²) in [5.74, 6) is 1.79. The number of halogens is 1. The van der Waals surface area contributed by atoms with Crippen molar-refractivity contribution >= 4 is 27.7 Å². The molecule has 2 nitrogen and oxygen atoms in total. The van der Waals surface area contributed by atoms with E-state index in [4.69, 9.17) is 10.5 Å². The van der Waals surface area contributed by atoms with Crippen LogP contribution in [0.25, 0.3) is 0 Å². The van der Waals surface area contributed by atoms with E-state index in [2.05, 4.69) is 28.1 Å². The summed E-state index contributed by atoms with van der Waals surface area (Å²) < 4.78 is 6.48. The van der Waals surface area contributed by atoms with Gasteiger partial charge in [-0.25, -0.2) is 0 Å². The van der Waals surface area contributed by atoms with Gasteiger partial charge in [-0.05, 0) is 46.1 Å². The number of rotatable bonds is 6. The Hall–Kier alpha value is -0.970. The molecule has 0 fully saturated rings. The number of para-hydroxylation sites is 1. The Morgan fingerprint density at radius 3 is 2.60 bits per heavy atom. The lowest BCUT2D eigenvalue weighted by Gasteiger charge is -2.14. The maximum atomic E-state index is 6.24. The monoisotopic (exact) mass is 351 g/mol. The Labute approximate surface area is 132 Å². The van der Waals surface area contributed by atoms with Crippen molar-refractivity contribution in [3.63, 3.8) is 0 Å². The maximum Gasteiger partial charge on any atom is 0.122 e. The Bertz CT molecular complexity index is 562. The molecular weight excluding hydrogens is 334 g/mol. The molecule has 106 valence electrons. The van der Waals surface area contributed by atoms with E-state index in [1.54, 1.807) is 18.9 Å². The molecule has 0 saturated heterocycles. The van der Waals surface area contributed by atoms with Crippen molar-refractivity contribution in [3.05, 3.63) is 58.6 Å². The molecule has 20 heavy (non-hydrogen) atoms. The van der Waals surface area contributed by atoms with Crippen LogP contribution >= 0.6 is 27.7 Å². The SMILES string of the molecule is COc1ccccc1CC(N)CSc1ccccc1Br. The number of benzene rings is 2. The number of nitrogens with two attached hydrogens (primary N) is 1. The van der Waals surface area contributed by atoms with Crippen LogP contribution in [0.4, 0.5) is 0 Å². The van der Waals surface area contributed by atoms with E-state index in [1.807, 2.05) is 36.4 Å². The molecule has 0 aliphatic heterocycles. The minimum absolute atomic E-state index is 0.100. The highest BCUT2D eigenvalue weighted by Gasteiger charge is 2.09. The van der Waals surface area contributed by atoms with Crippen molar-refractivity contribution in [2.24, 2.45) is 5.73 Å². The molecule has 1 unspecified atom stereocenters. The summed E-state index contributed by atoms with van der Waals surface area (Å²) in [6, 6.07) is 16.4. The number of methoxy groups -OCH3 is 1. The van der Waals surface area contributed by atoms with E-state index in [9.17, 15) is 0 Å². The van der Waals surface area contributed by atoms with Crippen LogP contribution in [-0.4, -0.2) is 18.9 Å². The van der Waals surface area contributed by atoms with Crippen molar-refractivity contribution in [2.75, 3.05) is 12.9 Å². The second-order valence-electron chi connectivity index (χ2n) is 4.52. The van der Waals surface area contributed by atoms with Crippen molar-refractivity contribution in [2.45, 2.75) is 17.4 Å². The normalized spacial score (nSPS) is 12.2. The molecule has 2 N–H and O–H groups in total. The quantitative estimate of drug-likeness (QED) is 0.795. The predicted molar refractivity (Wildman–Crippen MR) is 89.5 cm³/mol. The molecular formula is C16H18BrNOS. The number of hydrogen-bond donors (Lipinski definition) is 1. The van der Waals surface area contributed by atoms with Gasteiger partial charge in [-0.2, -0.15) is 0 Å². The van der Waals surface area contributed by atoms with Gasteiger partial charge >= 0.3 is 0 Å². The molecule has 4 heteroatoms. The molecule has 2 aromatic rings. The number of thioether (sulfide) groups is 1. The Morgan fingerprint density at radius 2 is 1.85 bits per heavy atom. The van der Waals surface area contributed by atoms with Crippen LogP contribution in [0.2, 0.25) is 0 Å². The second kappa shape index (κ2) is 7.72. The van der Waals surface area contributed by atoms with Crippen LogP contribution in [0.5, 0.6) is 5.75 Å². The van der Waals surface area contributed by atoms with Gasteiger partial charge in [0.15, 0.2) is 0 Å². The fourth-order valence-corrected chi connectivity index (χ4v) is 3.49. The van der Waals surface area contributed by atoms with Gasteiger partial charge in [0.1, 0.15) is 5.75 Å². The fraction of sp³-hybridized carbons (Fsp3) is 0.250. The van der Waals surface area contributed by atoms with Crippen LogP contribution in [-0.2, 0) is 6.42 Å². The molecule has 0 heterocycles. The van der Waals surface area contributed by atoms with Crippen LogP contribution in [0.1, 0.15) is 5.56 Å². The smallest absolute Gasteiger partial charge is 0.122 e. The maximum absolute atomic E-state index is 6.24. The standard InChI is InChI=1S/C16H18BrNOS/c1-19-15-8-4-2-6-12(15)10-13(18)11-20-16-9-5-3-7-14(16)17/h2-9,13H,10-11,18H2,1H3. The average molecular weight is 352 g/mol. The lowest BCUT2D eigenvalue weighted by molar-refractivity contribution is 0.408. The topological polar surface area (TPSA) is 35.2 Å². The van der Waals surface area contributed by atoms with Gasteiger partial charge in [-0.1, -0.05) is 30.3 Å². The van der Waals surface area contributed by atoms with Gasteiger partial charge in [0.25, 0.3) is 0 Å². The lowest BCUT2D eigenvalue weighted by atomic mass is 10.1. The third-order valence-electron chi connectivity index (χ3n) is 2.96. The minimum Gasteiger partial charge on any atom is -0.496 e. The van der Waals surface area contributed by atoms with E-state index in [0.29, 0.717) is 0 Å². The number of ether oxygens (including phenoxy) is 1. The molecule has 0 radical (unpaired) electrons. The van der Waals surface area contributed by atoms with Gasteiger partial charge in [0, 0.05) is 21.2 Å². The Morgan fingerprint density at radius 1 is 1.15 bits per heavy atom. The first-order valence-electron chi connectivity index (χ1n) is 6.45. The van der Waals surface area contributed by atoms with Crippen molar-refractivity contribution in [1.82, 2.24) is 0 Å². The predicted octanol–water partition coefficient (Wildman–Crippen LogP) is 4.12. The summed E-state index contributed by atoms with van der Waals surface area (Å²) in [6.07, 6.45) is 0.821. The fourth-order valence-electron chi connectivity index (χ4n) is 1.97. The van der Waals surface area contributed by atoms with Crippen LogP contribution in [0.15, 0.2) is 57.9 Å².